The molecule has 0 saturated carbocycles. The lowest BCUT2D eigenvalue weighted by molar-refractivity contribution is 0.300. The van der Waals surface area contributed by atoms with Crippen molar-refractivity contribution >= 4 is 19.9 Å². The molecule has 9 heteroatoms. The summed E-state index contributed by atoms with van der Waals surface area (Å²) in [5, 5.41) is 6.47. The minimum atomic E-state index is -3.56. The van der Waals surface area contributed by atoms with Crippen LogP contribution >= 0.6 is 10.8 Å². The van der Waals surface area contributed by atoms with E-state index in [9.17, 15) is 8.42 Å². The summed E-state index contributed by atoms with van der Waals surface area (Å²) in [6.07, 6.45) is 3.81. The molecule has 0 bridgehead atoms. The maximum atomic E-state index is 12.0. The average Bonchev–Trinajstić information content (AvgIpc) is 2.84. The van der Waals surface area contributed by atoms with Gasteiger partial charge in [0.15, 0.2) is 0 Å². The first kappa shape index (κ1) is 29.5. The zero-order chi connectivity index (χ0) is 25.2. The van der Waals surface area contributed by atoms with E-state index in [0.29, 0.717) is 32.1 Å². The molecular weight excluding hydrogens is 484 g/mol. The molecule has 0 aliphatic carbocycles. The summed E-state index contributed by atoms with van der Waals surface area (Å²) in [4.78, 5) is 0. The Morgan fingerprint density at radius 2 is 1.20 bits per heavy atom. The Kier molecular flexibility index (Phi) is 14.8. The molecule has 0 fully saturated rings. The van der Waals surface area contributed by atoms with Gasteiger partial charge in [-0.15, -0.1) is 0 Å². The summed E-state index contributed by atoms with van der Waals surface area (Å²) >= 11 is 0. The standard InChI is InChI=1S/C26H40N2O5S2/c1-23-11-3-5-13-25(23)31-19-9-7-15-27-17-21-33-35(29,30)34-22-18-28-16-8-10-20-32-26-14-6-4-12-24(26)2/h3-6,11-14,27-28H,7-10,15-22H2,1-2H3. The molecule has 0 aromatic heterocycles. The van der Waals surface area contributed by atoms with E-state index >= 15 is 0 Å². The molecule has 0 aliphatic heterocycles. The zero-order valence-electron chi connectivity index (χ0n) is 21.0. The molecule has 0 aliphatic rings. The lowest BCUT2D eigenvalue weighted by atomic mass is 10.2. The van der Waals surface area contributed by atoms with Gasteiger partial charge >= 0.3 is 9.15 Å². The lowest BCUT2D eigenvalue weighted by Crippen LogP contribution is -2.23. The van der Waals surface area contributed by atoms with Crippen molar-refractivity contribution in [2.24, 2.45) is 0 Å². The van der Waals surface area contributed by atoms with Gasteiger partial charge in [0.2, 0.25) is 0 Å². The van der Waals surface area contributed by atoms with Gasteiger partial charge in [-0.3, -0.25) is 4.18 Å². The van der Waals surface area contributed by atoms with Gasteiger partial charge in [-0.05, 0) is 86.7 Å². The van der Waals surface area contributed by atoms with Crippen molar-refractivity contribution in [1.82, 2.24) is 10.6 Å². The summed E-state index contributed by atoms with van der Waals surface area (Å²) < 4.78 is 40.5. The number of unbranched alkanes of at least 4 members (excludes halogenated alkanes) is 2. The van der Waals surface area contributed by atoms with Crippen LogP contribution in [0.5, 0.6) is 11.5 Å². The second-order valence-electron chi connectivity index (χ2n) is 8.19. The Morgan fingerprint density at radius 3 is 1.74 bits per heavy atom. The molecule has 2 aromatic rings. The molecule has 196 valence electrons. The van der Waals surface area contributed by atoms with Crippen molar-refractivity contribution < 1.29 is 22.1 Å². The Hall–Kier alpha value is -1.78. The number of para-hydroxylation sites is 2. The summed E-state index contributed by atoms with van der Waals surface area (Å²) in [5.41, 5.74) is 2.28. The molecule has 0 atom stereocenters. The molecule has 0 saturated heterocycles. The van der Waals surface area contributed by atoms with E-state index in [1.165, 1.54) is 0 Å². The highest BCUT2D eigenvalue weighted by Gasteiger charge is 2.11. The van der Waals surface area contributed by atoms with Crippen molar-refractivity contribution in [3.05, 3.63) is 59.7 Å². The number of ether oxygens (including phenoxy) is 2. The van der Waals surface area contributed by atoms with E-state index in [2.05, 4.69) is 10.6 Å². The fraction of sp³-hybridized carbons (Fsp3) is 0.538. The van der Waals surface area contributed by atoms with Gasteiger partial charge in [0.05, 0.1) is 19.8 Å². The maximum Gasteiger partial charge on any atom is 0.322 e. The van der Waals surface area contributed by atoms with Gasteiger partial charge in [-0.2, -0.15) is 8.42 Å². The van der Waals surface area contributed by atoms with Crippen LogP contribution in [0.4, 0.5) is 0 Å². The molecular formula is C26H40N2O5S2. The van der Waals surface area contributed by atoms with Crippen LogP contribution in [0.25, 0.3) is 0 Å². The Morgan fingerprint density at radius 1 is 0.686 bits per heavy atom. The first-order valence-electron chi connectivity index (χ1n) is 12.3. The third-order valence-electron chi connectivity index (χ3n) is 5.21. The van der Waals surface area contributed by atoms with Crippen LogP contribution < -0.4 is 20.1 Å². The van der Waals surface area contributed by atoms with Crippen molar-refractivity contribution in [2.75, 3.05) is 51.8 Å². The van der Waals surface area contributed by atoms with E-state index in [4.69, 9.17) is 13.7 Å². The van der Waals surface area contributed by atoms with Gasteiger partial charge < -0.3 is 20.1 Å². The molecule has 7 nitrogen and oxygen atoms in total. The largest absolute Gasteiger partial charge is 0.493 e. The molecule has 0 spiro atoms. The maximum absolute atomic E-state index is 12.0. The van der Waals surface area contributed by atoms with Gasteiger partial charge in [-0.25, -0.2) is 0 Å². The molecule has 2 rings (SSSR count). The van der Waals surface area contributed by atoms with E-state index < -0.39 is 9.15 Å². The second-order valence-corrected chi connectivity index (χ2v) is 11.8. The highest BCUT2D eigenvalue weighted by atomic mass is 33.1. The molecule has 0 amide bonds. The zero-order valence-corrected chi connectivity index (χ0v) is 22.6. The number of aryl methyl sites for hydroxylation is 2. The predicted octanol–water partition coefficient (Wildman–Crippen LogP) is 4.50. The van der Waals surface area contributed by atoms with E-state index in [1.807, 2.05) is 62.4 Å². The number of nitrogens with one attached hydrogen (secondary N) is 2. The van der Waals surface area contributed by atoms with Crippen LogP contribution in [0.15, 0.2) is 48.5 Å². The van der Waals surface area contributed by atoms with Gasteiger partial charge in [-0.1, -0.05) is 36.4 Å². The number of rotatable bonds is 20. The number of benzene rings is 2. The molecule has 2 aromatic carbocycles. The van der Waals surface area contributed by atoms with E-state index in [1.54, 1.807) is 0 Å². The smallest absolute Gasteiger partial charge is 0.322 e. The molecule has 0 radical (unpaired) electrons. The summed E-state index contributed by atoms with van der Waals surface area (Å²) in [6, 6.07) is 16.0. The monoisotopic (exact) mass is 524 g/mol. The predicted molar refractivity (Wildman–Crippen MR) is 145 cm³/mol. The topological polar surface area (TPSA) is 85.9 Å². The highest BCUT2D eigenvalue weighted by molar-refractivity contribution is 8.70. The third kappa shape index (κ3) is 13.8. The molecule has 0 heterocycles. The summed E-state index contributed by atoms with van der Waals surface area (Å²) in [5.74, 6) is 2.31. The second kappa shape index (κ2) is 17.6. The van der Waals surface area contributed by atoms with Crippen LogP contribution in [0.3, 0.4) is 0 Å². The van der Waals surface area contributed by atoms with Crippen LogP contribution in [0.2, 0.25) is 0 Å². The van der Waals surface area contributed by atoms with Crippen LogP contribution in [0.1, 0.15) is 36.8 Å². The molecule has 2 N–H and O–H groups in total. The van der Waals surface area contributed by atoms with Crippen molar-refractivity contribution in [3.63, 3.8) is 0 Å². The van der Waals surface area contributed by atoms with Crippen molar-refractivity contribution in [2.45, 2.75) is 39.5 Å². The molecule has 0 unspecified atom stereocenters. The van der Waals surface area contributed by atoms with Crippen LogP contribution in [-0.4, -0.2) is 60.2 Å². The Balaban J connectivity index is 1.36. The number of hydrogen-bond acceptors (Lipinski definition) is 8. The quantitative estimate of drug-likeness (QED) is 0.194. The van der Waals surface area contributed by atoms with Crippen molar-refractivity contribution in [3.8, 4) is 11.5 Å². The fourth-order valence-electron chi connectivity index (χ4n) is 3.22. The first-order chi connectivity index (χ1) is 17.0. The molecule has 35 heavy (non-hydrogen) atoms. The van der Waals surface area contributed by atoms with E-state index in [-0.39, 0.29) is 6.61 Å². The summed E-state index contributed by atoms with van der Waals surface area (Å²) in [6.45, 7) is 8.31. The first-order valence-corrected chi connectivity index (χ1v) is 15.2. The normalized spacial score (nSPS) is 11.5. The third-order valence-corrected chi connectivity index (χ3v) is 7.98. The highest BCUT2D eigenvalue weighted by Crippen LogP contribution is 2.17. The van der Waals surface area contributed by atoms with Gasteiger partial charge in [0.1, 0.15) is 11.5 Å². The van der Waals surface area contributed by atoms with Gasteiger partial charge in [0.25, 0.3) is 0 Å². The van der Waals surface area contributed by atoms with Gasteiger partial charge in [0, 0.05) is 18.8 Å². The van der Waals surface area contributed by atoms with Crippen molar-refractivity contribution in [1.29, 1.82) is 0 Å². The Labute approximate surface area is 214 Å². The number of hydrogen-bond donors (Lipinski definition) is 2. The lowest BCUT2D eigenvalue weighted by Gasteiger charge is -2.09. The fourth-order valence-corrected chi connectivity index (χ4v) is 5.28. The summed E-state index contributed by atoms with van der Waals surface area (Å²) in [7, 11) is -2.72. The van der Waals surface area contributed by atoms with Crippen LogP contribution in [0, 0.1) is 13.8 Å². The minimum absolute atomic E-state index is 0.142. The van der Waals surface area contributed by atoms with Crippen LogP contribution in [-0.2, 0) is 13.3 Å². The SMILES string of the molecule is Cc1ccccc1OCCCCNCCOS(=O)(=O)SCCNCCCCOc1ccccc1C. The van der Waals surface area contributed by atoms with E-state index in [0.717, 1.165) is 72.2 Å². The minimum Gasteiger partial charge on any atom is -0.493 e. The Bertz CT molecular complexity index is 871. The average molecular weight is 525 g/mol.